The Morgan fingerprint density at radius 1 is 1.41 bits per heavy atom. The van der Waals surface area contributed by atoms with E-state index in [-0.39, 0.29) is 12.5 Å². The largest absolute Gasteiger partial charge is 0.387 e. The van der Waals surface area contributed by atoms with E-state index < -0.39 is 6.10 Å². The smallest absolute Gasteiger partial charge is 0.244 e. The van der Waals surface area contributed by atoms with Gasteiger partial charge in [0.1, 0.15) is 0 Å². The van der Waals surface area contributed by atoms with Gasteiger partial charge in [-0.1, -0.05) is 29.8 Å². The number of hydrogen-bond donors (Lipinski definition) is 2. The van der Waals surface area contributed by atoms with E-state index in [1.807, 2.05) is 12.1 Å². The highest BCUT2D eigenvalue weighted by Gasteiger charge is 2.29. The lowest BCUT2D eigenvalue weighted by atomic mass is 9.83. The predicted molar refractivity (Wildman–Crippen MR) is 86.7 cm³/mol. The number of piperidine rings is 3. The van der Waals surface area contributed by atoms with Gasteiger partial charge in [-0.3, -0.25) is 9.69 Å². The minimum absolute atomic E-state index is 0.130. The van der Waals surface area contributed by atoms with Crippen molar-refractivity contribution in [2.45, 2.75) is 18.9 Å². The maximum Gasteiger partial charge on any atom is 0.244 e. The first kappa shape index (κ1) is 15.5. The molecule has 3 aliphatic rings. The van der Waals surface area contributed by atoms with E-state index in [2.05, 4.69) is 10.2 Å². The lowest BCUT2D eigenvalue weighted by molar-refractivity contribution is -0.117. The number of fused-ring (bicyclic) bond motifs is 3. The molecule has 1 atom stereocenters. The van der Waals surface area contributed by atoms with Gasteiger partial charge in [0.25, 0.3) is 0 Å². The Morgan fingerprint density at radius 2 is 2.14 bits per heavy atom. The Hall–Kier alpha value is -1.36. The van der Waals surface area contributed by atoms with E-state index in [1.54, 1.807) is 18.2 Å². The Morgan fingerprint density at radius 3 is 2.77 bits per heavy atom. The molecule has 3 aliphatic heterocycles. The van der Waals surface area contributed by atoms with Crippen LogP contribution in [0.3, 0.4) is 0 Å². The number of hydrogen-bond acceptors (Lipinski definition) is 3. The molecule has 1 amide bonds. The highest BCUT2D eigenvalue weighted by Crippen LogP contribution is 2.31. The fourth-order valence-corrected chi connectivity index (χ4v) is 3.55. The van der Waals surface area contributed by atoms with Crippen molar-refractivity contribution in [3.8, 4) is 0 Å². The monoisotopic (exact) mass is 320 g/mol. The van der Waals surface area contributed by atoms with E-state index in [0.717, 1.165) is 32.5 Å². The van der Waals surface area contributed by atoms with Crippen molar-refractivity contribution in [2.75, 3.05) is 26.2 Å². The van der Waals surface area contributed by atoms with Crippen LogP contribution in [0.2, 0.25) is 5.02 Å². The number of halogens is 1. The fraction of sp³-hybridized carbons (Fsp3) is 0.471. The van der Waals surface area contributed by atoms with Gasteiger partial charge in [-0.15, -0.1) is 0 Å². The van der Waals surface area contributed by atoms with Crippen molar-refractivity contribution in [3.63, 3.8) is 0 Å². The van der Waals surface area contributed by atoms with Crippen molar-refractivity contribution in [1.82, 2.24) is 10.2 Å². The summed E-state index contributed by atoms with van der Waals surface area (Å²) in [5.41, 5.74) is 1.86. The number of rotatable bonds is 4. The van der Waals surface area contributed by atoms with Crippen molar-refractivity contribution < 1.29 is 9.90 Å². The summed E-state index contributed by atoms with van der Waals surface area (Å²) in [7, 11) is 0. The van der Waals surface area contributed by atoms with Gasteiger partial charge in [0.15, 0.2) is 0 Å². The molecule has 0 aliphatic carbocycles. The second kappa shape index (κ2) is 6.82. The van der Waals surface area contributed by atoms with Gasteiger partial charge in [0.05, 0.1) is 6.10 Å². The summed E-state index contributed by atoms with van der Waals surface area (Å²) in [4.78, 5) is 14.4. The van der Waals surface area contributed by atoms with Gasteiger partial charge in [-0.05, 0) is 43.5 Å². The number of carbonyl (C=O) groups excluding carboxylic acids is 1. The number of aliphatic hydroxyl groups excluding tert-OH is 1. The maximum atomic E-state index is 12.1. The number of carbonyl (C=O) groups is 1. The normalized spacial score (nSPS) is 26.9. The second-order valence-corrected chi connectivity index (χ2v) is 6.46. The first-order valence-corrected chi connectivity index (χ1v) is 8.14. The minimum Gasteiger partial charge on any atom is -0.387 e. The van der Waals surface area contributed by atoms with E-state index in [1.165, 1.54) is 5.57 Å². The SMILES string of the molecule is O=C(/C=C1/CN2CCC1CC2)NCC(O)c1ccccc1Cl. The molecule has 1 unspecified atom stereocenters. The quantitative estimate of drug-likeness (QED) is 0.836. The fourth-order valence-electron chi connectivity index (χ4n) is 3.28. The van der Waals surface area contributed by atoms with Crippen LogP contribution in [0.15, 0.2) is 35.9 Å². The minimum atomic E-state index is -0.789. The van der Waals surface area contributed by atoms with Crippen LogP contribution in [0.5, 0.6) is 0 Å². The van der Waals surface area contributed by atoms with E-state index in [0.29, 0.717) is 16.5 Å². The standard InChI is InChI=1S/C17H21ClN2O2/c18-15-4-2-1-3-14(15)16(21)10-19-17(22)9-13-11-20-7-5-12(13)6-8-20/h1-4,9,12,16,21H,5-8,10-11H2,(H,19,22)/b13-9-. The van der Waals surface area contributed by atoms with Crippen LogP contribution in [0.4, 0.5) is 0 Å². The summed E-state index contributed by atoms with van der Waals surface area (Å²) in [6, 6.07) is 7.14. The molecule has 0 spiro atoms. The summed E-state index contributed by atoms with van der Waals surface area (Å²) >= 11 is 6.04. The third-order valence-corrected chi connectivity index (χ3v) is 4.91. The molecule has 5 heteroatoms. The van der Waals surface area contributed by atoms with Crippen LogP contribution in [0, 0.1) is 5.92 Å². The van der Waals surface area contributed by atoms with Crippen LogP contribution >= 0.6 is 11.6 Å². The zero-order chi connectivity index (χ0) is 15.5. The van der Waals surface area contributed by atoms with Crippen molar-refractivity contribution in [1.29, 1.82) is 0 Å². The van der Waals surface area contributed by atoms with E-state index in [4.69, 9.17) is 11.6 Å². The van der Waals surface area contributed by atoms with Gasteiger partial charge >= 0.3 is 0 Å². The van der Waals surface area contributed by atoms with E-state index in [9.17, 15) is 9.90 Å². The molecule has 2 bridgehead atoms. The van der Waals surface area contributed by atoms with Crippen LogP contribution in [0.1, 0.15) is 24.5 Å². The summed E-state index contributed by atoms with van der Waals surface area (Å²) < 4.78 is 0. The molecule has 22 heavy (non-hydrogen) atoms. The van der Waals surface area contributed by atoms with Crippen LogP contribution < -0.4 is 5.32 Å². The summed E-state index contributed by atoms with van der Waals surface area (Å²) in [6.07, 6.45) is 3.24. The Balaban J connectivity index is 1.55. The lowest BCUT2D eigenvalue weighted by Gasteiger charge is -2.40. The number of amides is 1. The molecule has 3 heterocycles. The zero-order valence-corrected chi connectivity index (χ0v) is 13.2. The average molecular weight is 321 g/mol. The number of nitrogens with one attached hydrogen (secondary N) is 1. The zero-order valence-electron chi connectivity index (χ0n) is 12.5. The number of benzene rings is 1. The first-order chi connectivity index (χ1) is 10.6. The molecule has 0 radical (unpaired) electrons. The third-order valence-electron chi connectivity index (χ3n) is 4.57. The molecule has 2 N–H and O–H groups in total. The predicted octanol–water partition coefficient (Wildman–Crippen LogP) is 2.14. The molecular formula is C17H21ClN2O2. The molecule has 4 nitrogen and oxygen atoms in total. The number of nitrogens with zero attached hydrogens (tertiary/aromatic N) is 1. The van der Waals surface area contributed by atoms with Crippen LogP contribution in [-0.2, 0) is 4.79 Å². The van der Waals surface area contributed by atoms with Gasteiger partial charge in [0.2, 0.25) is 5.91 Å². The molecular weight excluding hydrogens is 300 g/mol. The van der Waals surface area contributed by atoms with E-state index >= 15 is 0 Å². The van der Waals surface area contributed by atoms with Crippen molar-refractivity contribution in [2.24, 2.45) is 5.92 Å². The van der Waals surface area contributed by atoms with Crippen LogP contribution in [0.25, 0.3) is 0 Å². The summed E-state index contributed by atoms with van der Waals surface area (Å²) in [5.74, 6) is 0.430. The number of aliphatic hydroxyl groups is 1. The Bertz CT molecular complexity index is 580. The highest BCUT2D eigenvalue weighted by atomic mass is 35.5. The molecule has 4 rings (SSSR count). The topological polar surface area (TPSA) is 52.6 Å². The maximum absolute atomic E-state index is 12.1. The lowest BCUT2D eigenvalue weighted by Crippen LogP contribution is -2.43. The molecule has 0 saturated carbocycles. The summed E-state index contributed by atoms with van der Waals surface area (Å²) in [5, 5.41) is 13.4. The first-order valence-electron chi connectivity index (χ1n) is 7.76. The van der Waals surface area contributed by atoms with Gasteiger partial charge < -0.3 is 10.4 Å². The molecule has 3 fully saturated rings. The molecule has 3 saturated heterocycles. The molecule has 1 aromatic carbocycles. The Labute approximate surface area is 135 Å². The van der Waals surface area contributed by atoms with Crippen LogP contribution in [-0.4, -0.2) is 42.1 Å². The highest BCUT2D eigenvalue weighted by molar-refractivity contribution is 6.31. The Kier molecular flexibility index (Phi) is 4.81. The van der Waals surface area contributed by atoms with Crippen molar-refractivity contribution in [3.05, 3.63) is 46.5 Å². The molecule has 118 valence electrons. The third kappa shape index (κ3) is 3.51. The second-order valence-electron chi connectivity index (χ2n) is 6.05. The molecule has 1 aromatic rings. The van der Waals surface area contributed by atoms with Gasteiger partial charge in [-0.25, -0.2) is 0 Å². The van der Waals surface area contributed by atoms with Gasteiger partial charge in [-0.2, -0.15) is 0 Å². The summed E-state index contributed by atoms with van der Waals surface area (Å²) in [6.45, 7) is 3.37. The van der Waals surface area contributed by atoms with Crippen molar-refractivity contribution >= 4 is 17.5 Å². The van der Waals surface area contributed by atoms with Gasteiger partial charge in [0, 0.05) is 29.8 Å². The average Bonchev–Trinajstić information content (AvgIpc) is 2.54. The molecule has 0 aromatic heterocycles.